The van der Waals surface area contributed by atoms with Gasteiger partial charge in [-0.3, -0.25) is 9.69 Å². The van der Waals surface area contributed by atoms with Crippen molar-refractivity contribution in [1.82, 2.24) is 0 Å². The summed E-state index contributed by atoms with van der Waals surface area (Å²) in [6, 6.07) is 14.5. The smallest absolute Gasteiger partial charge is 0.341 e. The maximum Gasteiger partial charge on any atom is 0.341 e. The molecule has 0 aromatic heterocycles. The first-order valence-corrected chi connectivity index (χ1v) is 8.96. The molecule has 1 fully saturated rings. The van der Waals surface area contributed by atoms with Crippen molar-refractivity contribution in [3.05, 3.63) is 64.6 Å². The van der Waals surface area contributed by atoms with Crippen molar-refractivity contribution in [2.45, 2.75) is 6.92 Å². The molecule has 1 amide bonds. The first-order chi connectivity index (χ1) is 12.4. The van der Waals surface area contributed by atoms with Gasteiger partial charge in [0.15, 0.2) is 10.9 Å². The number of ether oxygens (including phenoxy) is 1. The third-order valence-corrected chi connectivity index (χ3v) is 4.87. The first-order valence-electron chi connectivity index (χ1n) is 7.73. The largest absolute Gasteiger partial charge is 0.482 e. The van der Waals surface area contributed by atoms with Crippen molar-refractivity contribution in [2.24, 2.45) is 0 Å². The highest BCUT2D eigenvalue weighted by atomic mass is 32.2. The Morgan fingerprint density at radius 1 is 1.27 bits per heavy atom. The lowest BCUT2D eigenvalue weighted by molar-refractivity contribution is -0.139. The van der Waals surface area contributed by atoms with Crippen molar-refractivity contribution in [1.29, 1.82) is 0 Å². The summed E-state index contributed by atoms with van der Waals surface area (Å²) in [4.78, 5) is 25.4. The summed E-state index contributed by atoms with van der Waals surface area (Å²) in [5.74, 6) is -0.799. The quantitative estimate of drug-likeness (QED) is 0.623. The molecule has 5 nitrogen and oxygen atoms in total. The third kappa shape index (κ3) is 4.12. The molecule has 1 aliphatic rings. The highest BCUT2D eigenvalue weighted by Gasteiger charge is 2.33. The van der Waals surface area contributed by atoms with Crippen LogP contribution < -0.4 is 9.64 Å². The molecule has 0 bridgehead atoms. The van der Waals surface area contributed by atoms with Crippen molar-refractivity contribution in [2.75, 3.05) is 11.5 Å². The lowest BCUT2D eigenvalue weighted by atomic mass is 10.2. The highest BCUT2D eigenvalue weighted by molar-refractivity contribution is 8.27. The van der Waals surface area contributed by atoms with E-state index in [0.29, 0.717) is 15.0 Å². The van der Waals surface area contributed by atoms with Crippen LogP contribution in [0.5, 0.6) is 5.75 Å². The van der Waals surface area contributed by atoms with E-state index in [1.54, 1.807) is 24.3 Å². The summed E-state index contributed by atoms with van der Waals surface area (Å²) in [7, 11) is 0. The lowest BCUT2D eigenvalue weighted by Crippen LogP contribution is -2.27. The molecule has 1 heterocycles. The molecule has 3 rings (SSSR count). The zero-order valence-electron chi connectivity index (χ0n) is 13.8. The van der Waals surface area contributed by atoms with Gasteiger partial charge in [-0.1, -0.05) is 48.2 Å². The molecule has 0 unspecified atom stereocenters. The van der Waals surface area contributed by atoms with Gasteiger partial charge in [-0.25, -0.2) is 4.79 Å². The standard InChI is InChI=1S/C19H15NO4S2/c1-12-4-2-6-14(8-12)20-18(23)16(26-19(20)25)10-13-5-3-7-15(9-13)24-11-17(21)22/h2-10H,11H2,1H3,(H,21,22)/b16-10-. The Bertz CT molecular complexity index is 923. The number of hydrogen-bond donors (Lipinski definition) is 1. The Balaban J connectivity index is 1.84. The SMILES string of the molecule is Cc1cccc(N2C(=O)/C(=C/c3cccc(OCC(=O)O)c3)SC2=S)c1. The van der Waals surface area contributed by atoms with Gasteiger partial charge in [-0.15, -0.1) is 0 Å². The predicted molar refractivity (Wildman–Crippen MR) is 106 cm³/mol. The van der Waals surface area contributed by atoms with E-state index in [9.17, 15) is 9.59 Å². The van der Waals surface area contributed by atoms with Gasteiger partial charge in [0.2, 0.25) is 0 Å². The maximum absolute atomic E-state index is 12.8. The van der Waals surface area contributed by atoms with E-state index in [0.717, 1.165) is 16.8 Å². The number of nitrogens with zero attached hydrogens (tertiary/aromatic N) is 1. The first kappa shape index (κ1) is 18.2. The van der Waals surface area contributed by atoms with Crippen molar-refractivity contribution in [3.8, 4) is 5.75 Å². The van der Waals surface area contributed by atoms with Crippen LogP contribution >= 0.6 is 24.0 Å². The van der Waals surface area contributed by atoms with E-state index in [1.165, 1.54) is 16.7 Å². The molecule has 0 radical (unpaired) electrons. The van der Waals surface area contributed by atoms with Gasteiger partial charge in [-0.2, -0.15) is 0 Å². The molecule has 0 saturated carbocycles. The summed E-state index contributed by atoms with van der Waals surface area (Å²) in [5.41, 5.74) is 2.52. The fourth-order valence-corrected chi connectivity index (χ4v) is 3.75. The summed E-state index contributed by atoms with van der Waals surface area (Å²) in [6.07, 6.45) is 1.72. The molecule has 2 aromatic rings. The molecule has 0 aliphatic carbocycles. The van der Waals surface area contributed by atoms with Crippen LogP contribution in [0, 0.1) is 6.92 Å². The number of rotatable bonds is 5. The van der Waals surface area contributed by atoms with Crippen LogP contribution in [-0.2, 0) is 9.59 Å². The van der Waals surface area contributed by atoms with Crippen molar-refractivity contribution < 1.29 is 19.4 Å². The number of carbonyl (C=O) groups excluding carboxylic acids is 1. The van der Waals surface area contributed by atoms with E-state index >= 15 is 0 Å². The number of thiocarbonyl (C=S) groups is 1. The Kier molecular flexibility index (Phi) is 5.39. The molecule has 1 N–H and O–H groups in total. The van der Waals surface area contributed by atoms with E-state index < -0.39 is 12.6 Å². The van der Waals surface area contributed by atoms with Gasteiger partial charge >= 0.3 is 5.97 Å². The number of benzene rings is 2. The number of amides is 1. The molecule has 0 atom stereocenters. The minimum atomic E-state index is -1.05. The van der Waals surface area contributed by atoms with Gasteiger partial charge in [0.05, 0.1) is 10.6 Å². The van der Waals surface area contributed by atoms with Gasteiger partial charge in [-0.05, 0) is 48.4 Å². The second kappa shape index (κ2) is 7.72. The van der Waals surface area contributed by atoms with Gasteiger partial charge in [0, 0.05) is 0 Å². The van der Waals surface area contributed by atoms with Crippen molar-refractivity contribution >= 4 is 51.9 Å². The summed E-state index contributed by atoms with van der Waals surface area (Å²) < 4.78 is 5.64. The third-order valence-electron chi connectivity index (χ3n) is 3.57. The number of anilines is 1. The molecular weight excluding hydrogens is 370 g/mol. The summed E-state index contributed by atoms with van der Waals surface area (Å²) in [5, 5.41) is 8.69. The molecule has 7 heteroatoms. The second-order valence-corrected chi connectivity index (χ2v) is 7.29. The Labute approximate surface area is 160 Å². The van der Waals surface area contributed by atoms with Crippen molar-refractivity contribution in [3.63, 3.8) is 0 Å². The van der Waals surface area contributed by atoms with E-state index in [1.807, 2.05) is 37.3 Å². The maximum atomic E-state index is 12.8. The fourth-order valence-electron chi connectivity index (χ4n) is 2.45. The molecule has 1 aliphatic heterocycles. The number of aliphatic carboxylic acids is 1. The van der Waals surface area contributed by atoms with Gasteiger partial charge < -0.3 is 9.84 Å². The van der Waals surface area contributed by atoms with Crippen LogP contribution in [0.1, 0.15) is 11.1 Å². The lowest BCUT2D eigenvalue weighted by Gasteiger charge is -2.14. The fraction of sp³-hybridized carbons (Fsp3) is 0.105. The topological polar surface area (TPSA) is 66.8 Å². The molecule has 2 aromatic carbocycles. The minimum Gasteiger partial charge on any atom is -0.482 e. The Morgan fingerprint density at radius 3 is 2.77 bits per heavy atom. The average Bonchev–Trinajstić information content (AvgIpc) is 2.87. The van der Waals surface area contributed by atoms with Crippen LogP contribution in [0.15, 0.2) is 53.4 Å². The number of carboxylic acid groups (broad SMARTS) is 1. The molecule has 26 heavy (non-hydrogen) atoms. The zero-order valence-corrected chi connectivity index (χ0v) is 15.5. The average molecular weight is 385 g/mol. The Hall–Kier alpha value is -2.64. The van der Waals surface area contributed by atoms with E-state index in [-0.39, 0.29) is 5.91 Å². The summed E-state index contributed by atoms with van der Waals surface area (Å²) in [6.45, 7) is 1.54. The second-order valence-electron chi connectivity index (χ2n) is 5.61. The van der Waals surface area contributed by atoms with Crippen LogP contribution in [0.2, 0.25) is 0 Å². The molecule has 0 spiro atoms. The number of hydrogen-bond acceptors (Lipinski definition) is 5. The normalized spacial score (nSPS) is 15.6. The van der Waals surface area contributed by atoms with E-state index in [4.69, 9.17) is 22.1 Å². The van der Waals surface area contributed by atoms with Crippen LogP contribution in [0.25, 0.3) is 6.08 Å². The molecular formula is C19H15NO4S2. The van der Waals surface area contributed by atoms with E-state index in [2.05, 4.69) is 0 Å². The summed E-state index contributed by atoms with van der Waals surface area (Å²) >= 11 is 6.60. The number of carbonyl (C=O) groups is 2. The zero-order chi connectivity index (χ0) is 18.7. The monoisotopic (exact) mass is 385 g/mol. The molecule has 132 valence electrons. The Morgan fingerprint density at radius 2 is 2.04 bits per heavy atom. The molecule has 1 saturated heterocycles. The number of carboxylic acids is 1. The van der Waals surface area contributed by atoms with Crippen LogP contribution in [0.3, 0.4) is 0 Å². The van der Waals surface area contributed by atoms with Crippen LogP contribution in [0.4, 0.5) is 5.69 Å². The van der Waals surface area contributed by atoms with Crippen LogP contribution in [-0.4, -0.2) is 27.9 Å². The number of aryl methyl sites for hydroxylation is 1. The minimum absolute atomic E-state index is 0.178. The van der Waals surface area contributed by atoms with Gasteiger partial charge in [0.25, 0.3) is 5.91 Å². The highest BCUT2D eigenvalue weighted by Crippen LogP contribution is 2.36. The number of thioether (sulfide) groups is 1. The van der Waals surface area contributed by atoms with Gasteiger partial charge in [0.1, 0.15) is 5.75 Å². The predicted octanol–water partition coefficient (Wildman–Crippen LogP) is 3.86.